The maximum atomic E-state index is 12.4. The molecule has 8 nitrogen and oxygen atoms in total. The van der Waals surface area contributed by atoms with Gasteiger partial charge in [0.1, 0.15) is 12.2 Å². The average Bonchev–Trinajstić information content (AvgIpc) is 3.03. The zero-order chi connectivity index (χ0) is 17.6. The summed E-state index contributed by atoms with van der Waals surface area (Å²) in [7, 11) is 0. The Balaban J connectivity index is 1.66. The molecular formula is C17H20N4O4. The van der Waals surface area contributed by atoms with Gasteiger partial charge < -0.3 is 15.2 Å². The number of carbonyl (C=O) groups excluding carboxylic acids is 1. The molecule has 1 aliphatic heterocycles. The SMILES string of the molecule is O=C(O)Cn1nccc1C(=O)Nc1cccc(CN2CCOCC2)c1. The van der Waals surface area contributed by atoms with Crippen molar-refractivity contribution in [3.63, 3.8) is 0 Å². The molecule has 0 bridgehead atoms. The minimum atomic E-state index is -1.05. The number of amides is 1. The van der Waals surface area contributed by atoms with Gasteiger partial charge in [-0.25, -0.2) is 4.68 Å². The molecular weight excluding hydrogens is 324 g/mol. The van der Waals surface area contributed by atoms with E-state index in [1.807, 2.05) is 18.2 Å². The normalized spacial score (nSPS) is 15.0. The number of carboxylic acids is 1. The van der Waals surface area contributed by atoms with Gasteiger partial charge in [0.15, 0.2) is 0 Å². The molecule has 2 aromatic rings. The molecule has 1 fully saturated rings. The van der Waals surface area contributed by atoms with Crippen molar-refractivity contribution in [2.75, 3.05) is 31.6 Å². The standard InChI is InChI=1S/C17H20N4O4/c22-16(23)12-21-15(4-5-18-21)17(24)19-14-3-1-2-13(10-14)11-20-6-8-25-9-7-20/h1-5,10H,6-9,11-12H2,(H,19,24)(H,22,23). The third-order valence-corrected chi connectivity index (χ3v) is 3.93. The highest BCUT2D eigenvalue weighted by Crippen LogP contribution is 2.15. The molecule has 1 aromatic heterocycles. The number of hydrogen-bond donors (Lipinski definition) is 2. The van der Waals surface area contributed by atoms with Crippen molar-refractivity contribution in [2.24, 2.45) is 0 Å². The van der Waals surface area contributed by atoms with Crippen molar-refractivity contribution in [3.8, 4) is 0 Å². The molecule has 0 saturated carbocycles. The van der Waals surface area contributed by atoms with Crippen molar-refractivity contribution in [3.05, 3.63) is 47.8 Å². The second-order valence-electron chi connectivity index (χ2n) is 5.81. The van der Waals surface area contributed by atoms with Gasteiger partial charge in [0.25, 0.3) is 5.91 Å². The van der Waals surface area contributed by atoms with Crippen LogP contribution in [0.15, 0.2) is 36.5 Å². The number of rotatable bonds is 6. The number of aromatic nitrogens is 2. The van der Waals surface area contributed by atoms with E-state index in [0.717, 1.165) is 43.1 Å². The largest absolute Gasteiger partial charge is 0.480 e. The Morgan fingerprint density at radius 2 is 2.04 bits per heavy atom. The number of carboxylic acid groups (broad SMARTS) is 1. The van der Waals surface area contributed by atoms with Gasteiger partial charge in [0, 0.05) is 31.5 Å². The Labute approximate surface area is 145 Å². The lowest BCUT2D eigenvalue weighted by Gasteiger charge is -2.26. The summed E-state index contributed by atoms with van der Waals surface area (Å²) in [5.74, 6) is -1.44. The molecule has 0 radical (unpaired) electrons. The molecule has 0 spiro atoms. The quantitative estimate of drug-likeness (QED) is 0.813. The third kappa shape index (κ3) is 4.65. The van der Waals surface area contributed by atoms with E-state index in [4.69, 9.17) is 9.84 Å². The number of carbonyl (C=O) groups is 2. The number of aliphatic carboxylic acids is 1. The van der Waals surface area contributed by atoms with Crippen molar-refractivity contribution in [2.45, 2.75) is 13.1 Å². The summed E-state index contributed by atoms with van der Waals surface area (Å²) in [6.45, 7) is 3.71. The topological polar surface area (TPSA) is 96.7 Å². The van der Waals surface area contributed by atoms with Gasteiger partial charge in [-0.15, -0.1) is 0 Å². The lowest BCUT2D eigenvalue weighted by molar-refractivity contribution is -0.137. The Morgan fingerprint density at radius 1 is 1.24 bits per heavy atom. The number of benzene rings is 1. The van der Waals surface area contributed by atoms with E-state index in [-0.39, 0.29) is 18.1 Å². The van der Waals surface area contributed by atoms with Crippen LogP contribution in [0.5, 0.6) is 0 Å². The molecule has 1 aromatic carbocycles. The van der Waals surface area contributed by atoms with Crippen LogP contribution in [-0.2, 0) is 22.6 Å². The maximum absolute atomic E-state index is 12.4. The molecule has 0 atom stereocenters. The Hall–Kier alpha value is -2.71. The molecule has 1 aliphatic rings. The van der Waals surface area contributed by atoms with Gasteiger partial charge in [-0.2, -0.15) is 5.10 Å². The number of nitrogens with one attached hydrogen (secondary N) is 1. The smallest absolute Gasteiger partial charge is 0.325 e. The number of nitrogens with zero attached hydrogens (tertiary/aromatic N) is 3. The van der Waals surface area contributed by atoms with Crippen LogP contribution < -0.4 is 5.32 Å². The Morgan fingerprint density at radius 3 is 2.80 bits per heavy atom. The molecule has 0 unspecified atom stereocenters. The predicted molar refractivity (Wildman–Crippen MR) is 90.4 cm³/mol. The van der Waals surface area contributed by atoms with E-state index >= 15 is 0 Å². The van der Waals surface area contributed by atoms with Crippen LogP contribution in [0, 0.1) is 0 Å². The first-order valence-electron chi connectivity index (χ1n) is 8.06. The predicted octanol–water partition coefficient (Wildman–Crippen LogP) is 1.05. The van der Waals surface area contributed by atoms with Gasteiger partial charge in [0.2, 0.25) is 0 Å². The second-order valence-corrected chi connectivity index (χ2v) is 5.81. The minimum Gasteiger partial charge on any atom is -0.480 e. The van der Waals surface area contributed by atoms with Crippen molar-refractivity contribution in [1.82, 2.24) is 14.7 Å². The van der Waals surface area contributed by atoms with E-state index in [1.165, 1.54) is 12.3 Å². The van der Waals surface area contributed by atoms with E-state index in [0.29, 0.717) is 5.69 Å². The molecule has 2 N–H and O–H groups in total. The van der Waals surface area contributed by atoms with Crippen LogP contribution in [0.2, 0.25) is 0 Å². The van der Waals surface area contributed by atoms with E-state index < -0.39 is 5.97 Å². The van der Waals surface area contributed by atoms with E-state index in [2.05, 4.69) is 15.3 Å². The number of morpholine rings is 1. The van der Waals surface area contributed by atoms with Gasteiger partial charge in [-0.05, 0) is 23.8 Å². The van der Waals surface area contributed by atoms with Crippen LogP contribution in [0.4, 0.5) is 5.69 Å². The summed E-state index contributed by atoms with van der Waals surface area (Å²) in [6.07, 6.45) is 1.41. The van der Waals surface area contributed by atoms with Crippen LogP contribution in [0.25, 0.3) is 0 Å². The van der Waals surface area contributed by atoms with E-state index in [1.54, 1.807) is 6.07 Å². The van der Waals surface area contributed by atoms with Gasteiger partial charge in [-0.1, -0.05) is 12.1 Å². The maximum Gasteiger partial charge on any atom is 0.325 e. The summed E-state index contributed by atoms with van der Waals surface area (Å²) in [6, 6.07) is 9.12. The molecule has 8 heteroatoms. The first-order chi connectivity index (χ1) is 12.1. The summed E-state index contributed by atoms with van der Waals surface area (Å²) < 4.78 is 6.51. The van der Waals surface area contributed by atoms with Crippen LogP contribution in [0.1, 0.15) is 16.1 Å². The van der Waals surface area contributed by atoms with Crippen molar-refractivity contribution in [1.29, 1.82) is 0 Å². The Bertz CT molecular complexity index is 753. The highest BCUT2D eigenvalue weighted by atomic mass is 16.5. The van der Waals surface area contributed by atoms with Gasteiger partial charge in [0.05, 0.1) is 13.2 Å². The van der Waals surface area contributed by atoms with Gasteiger partial charge in [-0.3, -0.25) is 14.5 Å². The third-order valence-electron chi connectivity index (χ3n) is 3.93. The molecule has 0 aliphatic carbocycles. The summed E-state index contributed by atoms with van der Waals surface area (Å²) in [4.78, 5) is 25.5. The van der Waals surface area contributed by atoms with Crippen LogP contribution in [-0.4, -0.2) is 58.0 Å². The van der Waals surface area contributed by atoms with Crippen molar-refractivity contribution < 1.29 is 19.4 Å². The fourth-order valence-corrected chi connectivity index (χ4v) is 2.74. The van der Waals surface area contributed by atoms with Crippen molar-refractivity contribution >= 4 is 17.6 Å². The second kappa shape index (κ2) is 7.91. The lowest BCUT2D eigenvalue weighted by atomic mass is 10.1. The van der Waals surface area contributed by atoms with Crippen LogP contribution in [0.3, 0.4) is 0 Å². The highest BCUT2D eigenvalue weighted by molar-refractivity contribution is 6.03. The van der Waals surface area contributed by atoms with E-state index in [9.17, 15) is 9.59 Å². The number of hydrogen-bond acceptors (Lipinski definition) is 5. The fourth-order valence-electron chi connectivity index (χ4n) is 2.74. The summed E-state index contributed by atoms with van der Waals surface area (Å²) >= 11 is 0. The highest BCUT2D eigenvalue weighted by Gasteiger charge is 2.15. The zero-order valence-electron chi connectivity index (χ0n) is 13.7. The fraction of sp³-hybridized carbons (Fsp3) is 0.353. The molecule has 2 heterocycles. The summed E-state index contributed by atoms with van der Waals surface area (Å²) in [5.41, 5.74) is 1.97. The molecule has 1 saturated heterocycles. The zero-order valence-corrected chi connectivity index (χ0v) is 13.7. The Kier molecular flexibility index (Phi) is 5.42. The average molecular weight is 344 g/mol. The molecule has 132 valence electrons. The van der Waals surface area contributed by atoms with Gasteiger partial charge >= 0.3 is 5.97 Å². The minimum absolute atomic E-state index is 0.209. The lowest BCUT2D eigenvalue weighted by Crippen LogP contribution is -2.35. The molecule has 25 heavy (non-hydrogen) atoms. The first kappa shape index (κ1) is 17.1. The number of ether oxygens (including phenoxy) is 1. The first-order valence-corrected chi connectivity index (χ1v) is 8.06. The van der Waals surface area contributed by atoms with Crippen LogP contribution >= 0.6 is 0 Å². The molecule has 1 amide bonds. The molecule has 3 rings (SSSR count). The number of anilines is 1. The monoisotopic (exact) mass is 344 g/mol. The summed E-state index contributed by atoms with van der Waals surface area (Å²) in [5, 5.41) is 15.5.